The van der Waals surface area contributed by atoms with Gasteiger partial charge in [0.05, 0.1) is 17.4 Å². The summed E-state index contributed by atoms with van der Waals surface area (Å²) in [7, 11) is 0. The number of carbonyl (C=O) groups excluding carboxylic acids is 1. The molecular formula is C16H13N5O3. The first-order valence-electron chi connectivity index (χ1n) is 7.31. The zero-order valence-corrected chi connectivity index (χ0v) is 12.7. The van der Waals surface area contributed by atoms with E-state index < -0.39 is 6.04 Å². The number of amides is 1. The van der Waals surface area contributed by atoms with Crippen LogP contribution in [-0.4, -0.2) is 25.4 Å². The van der Waals surface area contributed by atoms with E-state index in [0.717, 1.165) is 11.2 Å². The van der Waals surface area contributed by atoms with Crippen molar-refractivity contribution in [1.29, 1.82) is 0 Å². The highest BCUT2D eigenvalue weighted by Crippen LogP contribution is 2.22. The number of nitrogens with one attached hydrogen (secondary N) is 1. The van der Waals surface area contributed by atoms with Gasteiger partial charge in [-0.1, -0.05) is 5.16 Å². The van der Waals surface area contributed by atoms with E-state index >= 15 is 0 Å². The minimum absolute atomic E-state index is 0.272. The predicted molar refractivity (Wildman–Crippen MR) is 83.1 cm³/mol. The van der Waals surface area contributed by atoms with Crippen LogP contribution in [-0.2, 0) is 0 Å². The molecule has 120 valence electrons. The monoisotopic (exact) mass is 323 g/mol. The summed E-state index contributed by atoms with van der Waals surface area (Å²) < 4.78 is 12.1. The molecule has 0 spiro atoms. The van der Waals surface area contributed by atoms with Gasteiger partial charge in [-0.05, 0) is 25.1 Å². The molecule has 0 unspecified atom stereocenters. The molecular weight excluding hydrogens is 310 g/mol. The maximum absolute atomic E-state index is 12.0. The van der Waals surface area contributed by atoms with Crippen LogP contribution in [0, 0.1) is 0 Å². The van der Waals surface area contributed by atoms with Crippen molar-refractivity contribution in [2.24, 2.45) is 0 Å². The lowest BCUT2D eigenvalue weighted by atomic mass is 10.2. The second-order valence-corrected chi connectivity index (χ2v) is 5.24. The van der Waals surface area contributed by atoms with E-state index in [0.29, 0.717) is 17.3 Å². The molecule has 8 nitrogen and oxygen atoms in total. The van der Waals surface area contributed by atoms with Crippen molar-refractivity contribution in [3.8, 4) is 11.4 Å². The Kier molecular flexibility index (Phi) is 3.34. The highest BCUT2D eigenvalue weighted by molar-refractivity contribution is 5.93. The van der Waals surface area contributed by atoms with Crippen molar-refractivity contribution in [1.82, 2.24) is 24.8 Å². The van der Waals surface area contributed by atoms with Gasteiger partial charge >= 0.3 is 0 Å². The minimum atomic E-state index is -0.437. The van der Waals surface area contributed by atoms with Crippen LogP contribution in [0.15, 0.2) is 58.3 Å². The quantitative estimate of drug-likeness (QED) is 0.619. The molecule has 4 rings (SSSR count). The number of aromatic nitrogens is 4. The Morgan fingerprint density at radius 3 is 3.08 bits per heavy atom. The largest absolute Gasteiger partial charge is 0.472 e. The van der Waals surface area contributed by atoms with Crippen molar-refractivity contribution in [2.75, 3.05) is 0 Å². The summed E-state index contributed by atoms with van der Waals surface area (Å²) in [6.07, 6.45) is 8.25. The number of nitrogens with zero attached hydrogens (tertiary/aromatic N) is 4. The van der Waals surface area contributed by atoms with E-state index in [-0.39, 0.29) is 5.91 Å². The van der Waals surface area contributed by atoms with Crippen molar-refractivity contribution < 1.29 is 13.7 Å². The molecule has 0 aliphatic rings. The average Bonchev–Trinajstić information content (AvgIpc) is 3.34. The standard InChI is InChI=1S/C16H13N5O3/c1-10(18-15(22)11-4-8-23-9-11)16-19-13(20-24-16)12-3-2-6-21-7-5-17-14(12)21/h2-10H,1H3,(H,18,22)/t10-/m1/s1. The van der Waals surface area contributed by atoms with Crippen LogP contribution in [0.3, 0.4) is 0 Å². The lowest BCUT2D eigenvalue weighted by Crippen LogP contribution is -2.26. The summed E-state index contributed by atoms with van der Waals surface area (Å²) in [6.45, 7) is 1.77. The fraction of sp³-hybridized carbons (Fsp3) is 0.125. The summed E-state index contributed by atoms with van der Waals surface area (Å²) in [4.78, 5) is 20.7. The molecule has 0 bridgehead atoms. The third-order valence-electron chi connectivity index (χ3n) is 3.60. The number of furan rings is 1. The highest BCUT2D eigenvalue weighted by atomic mass is 16.5. The molecule has 0 radical (unpaired) electrons. The first-order valence-corrected chi connectivity index (χ1v) is 7.31. The number of rotatable bonds is 4. The third kappa shape index (κ3) is 2.43. The Balaban J connectivity index is 1.58. The second kappa shape index (κ2) is 5.65. The molecule has 0 aromatic carbocycles. The lowest BCUT2D eigenvalue weighted by Gasteiger charge is -2.07. The summed E-state index contributed by atoms with van der Waals surface area (Å²) in [5.41, 5.74) is 1.93. The molecule has 4 heterocycles. The number of hydrogen-bond donors (Lipinski definition) is 1. The Bertz CT molecular complexity index is 986. The van der Waals surface area contributed by atoms with Gasteiger partial charge < -0.3 is 18.7 Å². The predicted octanol–water partition coefficient (Wildman–Crippen LogP) is 2.47. The first-order chi connectivity index (χ1) is 11.7. The number of pyridine rings is 1. The van der Waals surface area contributed by atoms with Gasteiger partial charge in [0.2, 0.25) is 11.7 Å². The fourth-order valence-corrected chi connectivity index (χ4v) is 2.38. The van der Waals surface area contributed by atoms with E-state index in [9.17, 15) is 4.79 Å². The number of fused-ring (bicyclic) bond motifs is 1. The molecule has 4 aromatic heterocycles. The van der Waals surface area contributed by atoms with Gasteiger partial charge in [0.15, 0.2) is 0 Å². The van der Waals surface area contributed by atoms with Gasteiger partial charge in [-0.3, -0.25) is 4.79 Å². The maximum Gasteiger partial charge on any atom is 0.255 e. The number of imidazole rings is 1. The molecule has 1 N–H and O–H groups in total. The highest BCUT2D eigenvalue weighted by Gasteiger charge is 2.19. The second-order valence-electron chi connectivity index (χ2n) is 5.24. The Morgan fingerprint density at radius 1 is 1.33 bits per heavy atom. The molecule has 1 amide bonds. The average molecular weight is 323 g/mol. The van der Waals surface area contributed by atoms with Gasteiger partial charge in [-0.15, -0.1) is 0 Å². The van der Waals surface area contributed by atoms with Crippen molar-refractivity contribution in [2.45, 2.75) is 13.0 Å². The van der Waals surface area contributed by atoms with Crippen LogP contribution in [0.4, 0.5) is 0 Å². The Labute approximate surface area is 136 Å². The summed E-state index contributed by atoms with van der Waals surface area (Å²) >= 11 is 0. The molecule has 4 aromatic rings. The summed E-state index contributed by atoms with van der Waals surface area (Å²) in [5, 5.41) is 6.78. The van der Waals surface area contributed by atoms with Crippen molar-refractivity contribution >= 4 is 11.6 Å². The third-order valence-corrected chi connectivity index (χ3v) is 3.60. The number of carbonyl (C=O) groups is 1. The maximum atomic E-state index is 12.0. The molecule has 24 heavy (non-hydrogen) atoms. The van der Waals surface area contributed by atoms with Gasteiger partial charge in [0.1, 0.15) is 18.0 Å². The van der Waals surface area contributed by atoms with E-state index in [1.807, 2.05) is 28.9 Å². The van der Waals surface area contributed by atoms with Gasteiger partial charge in [-0.25, -0.2) is 4.98 Å². The number of hydrogen-bond acceptors (Lipinski definition) is 6. The van der Waals surface area contributed by atoms with Crippen LogP contribution in [0.5, 0.6) is 0 Å². The minimum Gasteiger partial charge on any atom is -0.472 e. The molecule has 0 fully saturated rings. The van der Waals surface area contributed by atoms with Crippen LogP contribution >= 0.6 is 0 Å². The van der Waals surface area contributed by atoms with Crippen LogP contribution < -0.4 is 5.32 Å². The van der Waals surface area contributed by atoms with Crippen LogP contribution in [0.2, 0.25) is 0 Å². The summed E-state index contributed by atoms with van der Waals surface area (Å²) in [5.74, 6) is 0.466. The smallest absolute Gasteiger partial charge is 0.255 e. The van der Waals surface area contributed by atoms with E-state index in [1.54, 1.807) is 19.2 Å². The van der Waals surface area contributed by atoms with E-state index in [1.165, 1.54) is 12.5 Å². The molecule has 0 saturated heterocycles. The van der Waals surface area contributed by atoms with Crippen LogP contribution in [0.1, 0.15) is 29.2 Å². The molecule has 0 saturated carbocycles. The van der Waals surface area contributed by atoms with Crippen molar-refractivity contribution in [3.05, 3.63) is 60.8 Å². The SMILES string of the molecule is C[C@@H](NC(=O)c1ccoc1)c1nc(-c2cccn3ccnc23)no1. The molecule has 1 atom stereocenters. The molecule has 0 aliphatic heterocycles. The van der Waals surface area contributed by atoms with E-state index in [4.69, 9.17) is 8.94 Å². The molecule has 0 aliphatic carbocycles. The zero-order valence-electron chi connectivity index (χ0n) is 12.7. The van der Waals surface area contributed by atoms with Gasteiger partial charge in [-0.2, -0.15) is 4.98 Å². The van der Waals surface area contributed by atoms with Gasteiger partial charge in [0.25, 0.3) is 5.91 Å². The first kappa shape index (κ1) is 14.2. The summed E-state index contributed by atoms with van der Waals surface area (Å²) in [6, 6.07) is 4.89. The van der Waals surface area contributed by atoms with Gasteiger partial charge in [0, 0.05) is 18.6 Å². The molecule has 8 heteroatoms. The van der Waals surface area contributed by atoms with E-state index in [2.05, 4.69) is 20.4 Å². The topological polar surface area (TPSA) is 98.5 Å². The normalized spacial score (nSPS) is 12.4. The Morgan fingerprint density at radius 2 is 2.25 bits per heavy atom. The van der Waals surface area contributed by atoms with Crippen molar-refractivity contribution in [3.63, 3.8) is 0 Å². The Hall–Kier alpha value is -3.42. The fourth-order valence-electron chi connectivity index (χ4n) is 2.38. The zero-order chi connectivity index (χ0) is 16.5. The lowest BCUT2D eigenvalue weighted by molar-refractivity contribution is 0.0932. The van der Waals surface area contributed by atoms with Crippen LogP contribution in [0.25, 0.3) is 17.0 Å².